The van der Waals surface area contributed by atoms with Gasteiger partial charge in [-0.3, -0.25) is 0 Å². The lowest BCUT2D eigenvalue weighted by molar-refractivity contribution is 0.552. The quantitative estimate of drug-likeness (QED) is 0.664. The Balaban J connectivity index is 2.37. The topological polar surface area (TPSA) is 12.0 Å². The summed E-state index contributed by atoms with van der Waals surface area (Å²) in [6, 6.07) is 8.64. The van der Waals surface area contributed by atoms with Crippen LogP contribution in [0.5, 0.6) is 0 Å². The fourth-order valence-corrected chi connectivity index (χ4v) is 1.33. The van der Waals surface area contributed by atoms with Crippen LogP contribution in [0.2, 0.25) is 0 Å². The van der Waals surface area contributed by atoms with Gasteiger partial charge in [0, 0.05) is 6.54 Å². The summed E-state index contributed by atoms with van der Waals surface area (Å²) in [5.74, 6) is 0.727. The van der Waals surface area contributed by atoms with Gasteiger partial charge in [0.1, 0.15) is 7.85 Å². The largest absolute Gasteiger partial charge is 0.312 e. The predicted molar refractivity (Wildman–Crippen MR) is 61.2 cm³/mol. The Morgan fingerprint density at radius 3 is 2.77 bits per heavy atom. The van der Waals surface area contributed by atoms with E-state index in [1.165, 1.54) is 11.0 Å². The van der Waals surface area contributed by atoms with Gasteiger partial charge in [-0.25, -0.2) is 0 Å². The van der Waals surface area contributed by atoms with E-state index in [2.05, 4.69) is 51.3 Å². The van der Waals surface area contributed by atoms with Crippen molar-refractivity contribution in [2.24, 2.45) is 5.92 Å². The van der Waals surface area contributed by atoms with E-state index in [-0.39, 0.29) is 0 Å². The highest BCUT2D eigenvalue weighted by atomic mass is 14.8. The first-order chi connectivity index (χ1) is 6.18. The Morgan fingerprint density at radius 2 is 2.15 bits per heavy atom. The molecule has 1 N–H and O–H groups in total. The maximum atomic E-state index is 3.43. The number of rotatable bonds is 4. The summed E-state index contributed by atoms with van der Waals surface area (Å²) in [5, 5.41) is 3.43. The maximum absolute atomic E-state index is 3.43. The fraction of sp³-hybridized carbons (Fsp3) is 0.455. The van der Waals surface area contributed by atoms with E-state index < -0.39 is 0 Å². The first kappa shape index (κ1) is 10.3. The minimum Gasteiger partial charge on any atom is -0.312 e. The molecule has 1 aromatic carbocycles. The highest BCUT2D eigenvalue weighted by Gasteiger charge is 1.94. The molecule has 13 heavy (non-hydrogen) atoms. The van der Waals surface area contributed by atoms with Crippen molar-refractivity contribution in [2.75, 3.05) is 6.54 Å². The van der Waals surface area contributed by atoms with Gasteiger partial charge in [-0.05, 0) is 18.0 Å². The SMILES string of the molecule is Bc1cccc(CNCC(C)C)c1. The van der Waals surface area contributed by atoms with Crippen molar-refractivity contribution in [1.29, 1.82) is 0 Å². The highest BCUT2D eigenvalue weighted by molar-refractivity contribution is 6.32. The van der Waals surface area contributed by atoms with Crippen molar-refractivity contribution in [3.8, 4) is 0 Å². The Hall–Kier alpha value is -0.755. The molecule has 0 radical (unpaired) electrons. The molecule has 70 valence electrons. The predicted octanol–water partition coefficient (Wildman–Crippen LogP) is 0.691. The molecule has 0 saturated heterocycles. The third-order valence-electron chi connectivity index (χ3n) is 1.96. The smallest absolute Gasteiger partial charge is 0.139 e. The van der Waals surface area contributed by atoms with Gasteiger partial charge in [0.2, 0.25) is 0 Å². The molecule has 2 heteroatoms. The molecule has 1 nitrogen and oxygen atoms in total. The standard InChI is InChI=1S/C11H18BN/c1-9(2)7-13-8-10-4-3-5-11(12)6-10/h3-6,9,13H,7-8,12H2,1-2H3. The molecule has 1 aromatic rings. The van der Waals surface area contributed by atoms with E-state index in [1.54, 1.807) is 0 Å². The zero-order chi connectivity index (χ0) is 9.68. The van der Waals surface area contributed by atoms with Crippen LogP contribution in [0, 0.1) is 5.92 Å². The lowest BCUT2D eigenvalue weighted by Crippen LogP contribution is -2.19. The van der Waals surface area contributed by atoms with Crippen molar-refractivity contribution in [1.82, 2.24) is 5.32 Å². The van der Waals surface area contributed by atoms with Crippen LogP contribution in [0.15, 0.2) is 24.3 Å². The van der Waals surface area contributed by atoms with Crippen LogP contribution in [-0.4, -0.2) is 14.4 Å². The lowest BCUT2D eigenvalue weighted by atomic mass is 9.94. The van der Waals surface area contributed by atoms with Gasteiger partial charge in [0.25, 0.3) is 0 Å². The zero-order valence-electron chi connectivity index (χ0n) is 8.80. The molecule has 0 saturated carbocycles. The molecule has 0 bridgehead atoms. The van der Waals surface area contributed by atoms with Crippen LogP contribution in [0.4, 0.5) is 0 Å². The molecule has 0 amide bonds. The van der Waals surface area contributed by atoms with Crippen LogP contribution in [0.1, 0.15) is 19.4 Å². The fourth-order valence-electron chi connectivity index (χ4n) is 1.33. The summed E-state index contributed by atoms with van der Waals surface area (Å²) in [6.45, 7) is 6.53. The molecule has 0 aliphatic heterocycles. The number of nitrogens with one attached hydrogen (secondary N) is 1. The second-order valence-corrected chi connectivity index (χ2v) is 4.01. The van der Waals surface area contributed by atoms with Crippen molar-refractivity contribution in [3.63, 3.8) is 0 Å². The Kier molecular flexibility index (Phi) is 4.03. The summed E-state index contributed by atoms with van der Waals surface area (Å²) >= 11 is 0. The van der Waals surface area contributed by atoms with Crippen molar-refractivity contribution >= 4 is 13.3 Å². The summed E-state index contributed by atoms with van der Waals surface area (Å²) in [5.41, 5.74) is 2.71. The summed E-state index contributed by atoms with van der Waals surface area (Å²) in [6.07, 6.45) is 0. The van der Waals surface area contributed by atoms with Gasteiger partial charge >= 0.3 is 0 Å². The molecule has 0 aromatic heterocycles. The van der Waals surface area contributed by atoms with E-state index in [0.717, 1.165) is 19.0 Å². The van der Waals surface area contributed by atoms with Gasteiger partial charge in [-0.1, -0.05) is 43.6 Å². The number of hydrogen-bond acceptors (Lipinski definition) is 1. The van der Waals surface area contributed by atoms with E-state index >= 15 is 0 Å². The van der Waals surface area contributed by atoms with E-state index in [1.807, 2.05) is 0 Å². The first-order valence-corrected chi connectivity index (χ1v) is 4.94. The van der Waals surface area contributed by atoms with Gasteiger partial charge in [0.05, 0.1) is 0 Å². The van der Waals surface area contributed by atoms with E-state index in [4.69, 9.17) is 0 Å². The third kappa shape index (κ3) is 4.14. The van der Waals surface area contributed by atoms with Crippen LogP contribution in [-0.2, 0) is 6.54 Å². The Bertz CT molecular complexity index is 258. The maximum Gasteiger partial charge on any atom is 0.139 e. The third-order valence-corrected chi connectivity index (χ3v) is 1.96. The monoisotopic (exact) mass is 175 g/mol. The lowest BCUT2D eigenvalue weighted by Gasteiger charge is -2.07. The second kappa shape index (κ2) is 5.08. The van der Waals surface area contributed by atoms with Crippen LogP contribution in [0.3, 0.4) is 0 Å². The molecule has 1 rings (SSSR count). The molecule has 0 heterocycles. The molecule has 0 spiro atoms. The minimum absolute atomic E-state index is 0.727. The molecule has 0 aliphatic rings. The molecule has 0 fully saturated rings. The zero-order valence-corrected chi connectivity index (χ0v) is 8.80. The van der Waals surface area contributed by atoms with Gasteiger partial charge in [0.15, 0.2) is 0 Å². The number of benzene rings is 1. The molecule has 0 aliphatic carbocycles. The van der Waals surface area contributed by atoms with Crippen LogP contribution >= 0.6 is 0 Å². The van der Waals surface area contributed by atoms with Crippen LogP contribution in [0.25, 0.3) is 0 Å². The summed E-state index contributed by atoms with van der Waals surface area (Å²) in [4.78, 5) is 0. The summed E-state index contributed by atoms with van der Waals surface area (Å²) in [7, 11) is 2.13. The average Bonchev–Trinajstić information content (AvgIpc) is 2.03. The summed E-state index contributed by atoms with van der Waals surface area (Å²) < 4.78 is 0. The van der Waals surface area contributed by atoms with E-state index in [0.29, 0.717) is 0 Å². The highest BCUT2D eigenvalue weighted by Crippen LogP contribution is 1.96. The Labute approximate surface area is 82.0 Å². The molecular weight excluding hydrogens is 157 g/mol. The molecular formula is C11H18BN. The number of hydrogen-bond donors (Lipinski definition) is 1. The Morgan fingerprint density at radius 1 is 1.38 bits per heavy atom. The van der Waals surface area contributed by atoms with Gasteiger partial charge in [-0.15, -0.1) is 0 Å². The normalized spacial score (nSPS) is 10.7. The van der Waals surface area contributed by atoms with Crippen molar-refractivity contribution in [2.45, 2.75) is 20.4 Å². The van der Waals surface area contributed by atoms with Gasteiger partial charge in [-0.2, -0.15) is 0 Å². The molecule has 0 unspecified atom stereocenters. The second-order valence-electron chi connectivity index (χ2n) is 4.01. The molecule has 0 atom stereocenters. The van der Waals surface area contributed by atoms with Crippen molar-refractivity contribution in [3.05, 3.63) is 29.8 Å². The van der Waals surface area contributed by atoms with E-state index in [9.17, 15) is 0 Å². The first-order valence-electron chi connectivity index (χ1n) is 4.94. The van der Waals surface area contributed by atoms with Crippen LogP contribution < -0.4 is 10.8 Å². The van der Waals surface area contributed by atoms with Gasteiger partial charge < -0.3 is 5.32 Å². The van der Waals surface area contributed by atoms with Crippen molar-refractivity contribution < 1.29 is 0 Å². The average molecular weight is 175 g/mol. The minimum atomic E-state index is 0.727.